The van der Waals surface area contributed by atoms with Gasteiger partial charge in [-0.2, -0.15) is 0 Å². The van der Waals surface area contributed by atoms with Crippen molar-refractivity contribution in [3.05, 3.63) is 0 Å². The van der Waals surface area contributed by atoms with Crippen LogP contribution in [-0.4, -0.2) is 46.2 Å². The third-order valence-electron chi connectivity index (χ3n) is 4.53. The van der Waals surface area contributed by atoms with Gasteiger partial charge < -0.3 is 5.11 Å². The van der Waals surface area contributed by atoms with E-state index in [1.807, 2.05) is 6.92 Å². The summed E-state index contributed by atoms with van der Waals surface area (Å²) in [5, 5.41) is 12.9. The van der Waals surface area contributed by atoms with E-state index in [-0.39, 0.29) is 6.04 Å². The Morgan fingerprint density at radius 1 is 1.33 bits per heavy atom. The smallest absolute Gasteiger partial charge is 0.323 e. The summed E-state index contributed by atoms with van der Waals surface area (Å²) in [7, 11) is 0. The lowest BCUT2D eigenvalue weighted by Gasteiger charge is -2.37. The summed E-state index contributed by atoms with van der Waals surface area (Å²) in [6.07, 6.45) is 6.54. The second-order valence-corrected chi connectivity index (χ2v) is 7.15. The molecule has 0 aromatic rings. The molecule has 1 fully saturated rings. The number of rotatable bonds is 11. The molecule has 4 heteroatoms. The van der Waals surface area contributed by atoms with E-state index in [2.05, 4.69) is 37.9 Å². The Balaban J connectivity index is 2.63. The second kappa shape index (κ2) is 8.14. The maximum atomic E-state index is 11.7. The molecule has 0 saturated heterocycles. The SMILES string of the molecule is CCCCCN(C(C)C)C(C)CC(C)(NC1CC1)C(=O)O. The van der Waals surface area contributed by atoms with Crippen molar-refractivity contribution in [2.45, 2.75) is 96.8 Å². The topological polar surface area (TPSA) is 52.6 Å². The van der Waals surface area contributed by atoms with Gasteiger partial charge in [0.1, 0.15) is 5.54 Å². The third-order valence-corrected chi connectivity index (χ3v) is 4.53. The van der Waals surface area contributed by atoms with E-state index in [4.69, 9.17) is 0 Å². The molecule has 1 aliphatic carbocycles. The summed E-state index contributed by atoms with van der Waals surface area (Å²) in [5.74, 6) is -0.724. The molecular weight excluding hydrogens is 264 g/mol. The van der Waals surface area contributed by atoms with Gasteiger partial charge in [-0.3, -0.25) is 15.0 Å². The van der Waals surface area contributed by atoms with Crippen molar-refractivity contribution in [3.8, 4) is 0 Å². The zero-order valence-electron chi connectivity index (χ0n) is 14.5. The van der Waals surface area contributed by atoms with Crippen molar-refractivity contribution in [3.63, 3.8) is 0 Å². The predicted molar refractivity (Wildman–Crippen MR) is 87.6 cm³/mol. The standard InChI is InChI=1S/C17H34N2O2/c1-6-7-8-11-19(13(2)3)14(4)12-17(5,16(20)21)18-15-9-10-15/h13-15,18H,6-12H2,1-5H3,(H,20,21). The highest BCUT2D eigenvalue weighted by molar-refractivity contribution is 5.78. The van der Waals surface area contributed by atoms with Crippen molar-refractivity contribution < 1.29 is 9.90 Å². The van der Waals surface area contributed by atoms with Crippen LogP contribution >= 0.6 is 0 Å². The number of carboxylic acid groups (broad SMARTS) is 1. The average molecular weight is 298 g/mol. The molecule has 1 aliphatic rings. The Hall–Kier alpha value is -0.610. The lowest BCUT2D eigenvalue weighted by molar-refractivity contribution is -0.145. The number of hydrogen-bond acceptors (Lipinski definition) is 3. The fourth-order valence-electron chi connectivity index (χ4n) is 3.13. The van der Waals surface area contributed by atoms with Gasteiger partial charge in [-0.05, 0) is 59.9 Å². The molecule has 0 radical (unpaired) electrons. The van der Waals surface area contributed by atoms with Gasteiger partial charge in [-0.15, -0.1) is 0 Å². The zero-order valence-corrected chi connectivity index (χ0v) is 14.5. The summed E-state index contributed by atoms with van der Waals surface area (Å²) in [4.78, 5) is 14.1. The highest BCUT2D eigenvalue weighted by atomic mass is 16.4. The lowest BCUT2D eigenvalue weighted by Crippen LogP contribution is -2.55. The molecule has 0 aromatic heterocycles. The first-order valence-electron chi connectivity index (χ1n) is 8.57. The Morgan fingerprint density at radius 3 is 2.38 bits per heavy atom. The predicted octanol–water partition coefficient (Wildman–Crippen LogP) is 3.26. The van der Waals surface area contributed by atoms with Crippen LogP contribution in [0.1, 0.15) is 73.1 Å². The molecule has 2 atom stereocenters. The maximum Gasteiger partial charge on any atom is 0.323 e. The molecule has 1 rings (SSSR count). The Bertz CT molecular complexity index is 329. The minimum atomic E-state index is -0.807. The van der Waals surface area contributed by atoms with Gasteiger partial charge in [-0.1, -0.05) is 19.8 Å². The molecule has 1 saturated carbocycles. The summed E-state index contributed by atoms with van der Waals surface area (Å²) >= 11 is 0. The molecule has 0 bridgehead atoms. The van der Waals surface area contributed by atoms with Gasteiger partial charge in [0.2, 0.25) is 0 Å². The highest BCUT2D eigenvalue weighted by Gasteiger charge is 2.40. The molecule has 0 heterocycles. The Kier molecular flexibility index (Phi) is 7.14. The number of nitrogens with one attached hydrogen (secondary N) is 1. The van der Waals surface area contributed by atoms with E-state index in [1.165, 1.54) is 19.3 Å². The van der Waals surface area contributed by atoms with Crippen molar-refractivity contribution in [1.82, 2.24) is 10.2 Å². The van der Waals surface area contributed by atoms with Crippen LogP contribution in [-0.2, 0) is 4.79 Å². The minimum Gasteiger partial charge on any atom is -0.480 e. The average Bonchev–Trinajstić information content (AvgIpc) is 3.17. The van der Waals surface area contributed by atoms with Crippen LogP contribution in [0.15, 0.2) is 0 Å². The fraction of sp³-hybridized carbons (Fsp3) is 0.941. The van der Waals surface area contributed by atoms with Crippen LogP contribution in [0, 0.1) is 0 Å². The largest absolute Gasteiger partial charge is 0.480 e. The maximum absolute atomic E-state index is 11.7. The van der Waals surface area contributed by atoms with E-state index in [9.17, 15) is 9.90 Å². The molecule has 0 amide bonds. The third kappa shape index (κ3) is 5.95. The van der Waals surface area contributed by atoms with Gasteiger partial charge in [0.25, 0.3) is 0 Å². The summed E-state index contributed by atoms with van der Waals surface area (Å²) < 4.78 is 0. The fourth-order valence-corrected chi connectivity index (χ4v) is 3.13. The Labute approximate surface area is 130 Å². The molecule has 0 aliphatic heterocycles. The first-order valence-corrected chi connectivity index (χ1v) is 8.57. The van der Waals surface area contributed by atoms with Gasteiger partial charge >= 0.3 is 5.97 Å². The van der Waals surface area contributed by atoms with Crippen molar-refractivity contribution in [2.24, 2.45) is 0 Å². The number of hydrogen-bond donors (Lipinski definition) is 2. The number of carbonyl (C=O) groups is 1. The van der Waals surface area contributed by atoms with Crippen LogP contribution in [0.4, 0.5) is 0 Å². The number of unbranched alkanes of at least 4 members (excludes halogenated alkanes) is 2. The number of carboxylic acids is 1. The van der Waals surface area contributed by atoms with E-state index < -0.39 is 11.5 Å². The number of nitrogens with zero attached hydrogens (tertiary/aromatic N) is 1. The zero-order chi connectivity index (χ0) is 16.0. The van der Waals surface area contributed by atoms with Crippen LogP contribution in [0.3, 0.4) is 0 Å². The van der Waals surface area contributed by atoms with Crippen LogP contribution in [0.2, 0.25) is 0 Å². The van der Waals surface area contributed by atoms with Gasteiger partial charge in [-0.25, -0.2) is 0 Å². The van der Waals surface area contributed by atoms with E-state index in [1.54, 1.807) is 0 Å². The van der Waals surface area contributed by atoms with Crippen molar-refractivity contribution >= 4 is 5.97 Å². The van der Waals surface area contributed by atoms with E-state index in [0.29, 0.717) is 18.5 Å². The normalized spacial score (nSPS) is 19.8. The molecule has 0 aromatic carbocycles. The van der Waals surface area contributed by atoms with Crippen LogP contribution in [0.25, 0.3) is 0 Å². The summed E-state index contributed by atoms with van der Waals surface area (Å²) in [6.45, 7) is 11.7. The molecule has 2 N–H and O–H groups in total. The van der Waals surface area contributed by atoms with Crippen molar-refractivity contribution in [1.29, 1.82) is 0 Å². The van der Waals surface area contributed by atoms with Gasteiger partial charge in [0, 0.05) is 18.1 Å². The van der Waals surface area contributed by atoms with E-state index >= 15 is 0 Å². The second-order valence-electron chi connectivity index (χ2n) is 7.15. The molecule has 21 heavy (non-hydrogen) atoms. The molecular formula is C17H34N2O2. The molecule has 4 nitrogen and oxygen atoms in total. The lowest BCUT2D eigenvalue weighted by atomic mass is 9.92. The van der Waals surface area contributed by atoms with Crippen LogP contribution < -0.4 is 5.32 Å². The first-order chi connectivity index (χ1) is 9.80. The quantitative estimate of drug-likeness (QED) is 0.575. The molecule has 2 unspecified atom stereocenters. The van der Waals surface area contributed by atoms with Gasteiger partial charge in [0.15, 0.2) is 0 Å². The highest BCUT2D eigenvalue weighted by Crippen LogP contribution is 2.26. The molecule has 124 valence electrons. The van der Waals surface area contributed by atoms with Crippen molar-refractivity contribution in [2.75, 3.05) is 6.54 Å². The summed E-state index contributed by atoms with van der Waals surface area (Å²) in [6, 6.07) is 1.14. The Morgan fingerprint density at radius 2 is 1.95 bits per heavy atom. The number of aliphatic carboxylic acids is 1. The monoisotopic (exact) mass is 298 g/mol. The summed E-state index contributed by atoms with van der Waals surface area (Å²) in [5.41, 5.74) is -0.807. The van der Waals surface area contributed by atoms with E-state index in [0.717, 1.165) is 19.4 Å². The first kappa shape index (κ1) is 18.4. The van der Waals surface area contributed by atoms with Gasteiger partial charge in [0.05, 0.1) is 0 Å². The molecule has 0 spiro atoms. The minimum absolute atomic E-state index is 0.272. The van der Waals surface area contributed by atoms with Crippen LogP contribution in [0.5, 0.6) is 0 Å².